The number of rotatable bonds is 6. The van der Waals surface area contributed by atoms with Crippen LogP contribution in [0.5, 0.6) is 0 Å². The van der Waals surface area contributed by atoms with Crippen LogP contribution in [0.2, 0.25) is 18.1 Å². The lowest BCUT2D eigenvalue weighted by Crippen LogP contribution is -2.57. The third kappa shape index (κ3) is 4.88. The van der Waals surface area contributed by atoms with Gasteiger partial charge in [-0.25, -0.2) is 4.79 Å². The van der Waals surface area contributed by atoms with Crippen molar-refractivity contribution in [1.29, 1.82) is 0 Å². The number of carboxylic acid groups (broad SMARTS) is 1. The molecule has 1 rings (SSSR count). The normalized spacial score (nSPS) is 23.0. The summed E-state index contributed by atoms with van der Waals surface area (Å²) in [7, 11) is -2.16. The Hall–Kier alpha value is -1.28. The van der Waals surface area contributed by atoms with E-state index in [-0.39, 0.29) is 24.1 Å². The summed E-state index contributed by atoms with van der Waals surface area (Å²) in [4.78, 5) is 16.0. The Balaban J connectivity index is 3.23. The first-order chi connectivity index (χ1) is 11.2. The lowest BCUT2D eigenvalue weighted by atomic mass is 9.97. The zero-order chi connectivity index (χ0) is 19.6. The average molecular weight is 373 g/mol. The lowest BCUT2D eigenvalue weighted by Gasteiger charge is -2.44. The number of azide groups is 1. The molecule has 9 heteroatoms. The van der Waals surface area contributed by atoms with Crippen molar-refractivity contribution in [2.24, 2.45) is 11.0 Å². The number of ether oxygens (including phenoxy) is 1. The molecule has 144 valence electrons. The molecule has 0 aromatic heterocycles. The van der Waals surface area contributed by atoms with Gasteiger partial charge in [0.15, 0.2) is 8.32 Å². The second-order valence-corrected chi connectivity index (χ2v) is 13.5. The molecule has 1 heterocycles. The van der Waals surface area contributed by atoms with Gasteiger partial charge in [0.1, 0.15) is 5.72 Å². The SMILES string of the molecule is C[C@@H](CN=[N+]=[N-])[C@@H](O[Si](C)(C)C(C)(C)C)[C@H]1COC(C)(C)N1C(=O)O. The maximum atomic E-state index is 11.9. The Bertz CT molecular complexity index is 541. The van der Waals surface area contributed by atoms with Crippen molar-refractivity contribution >= 4 is 14.4 Å². The molecule has 0 unspecified atom stereocenters. The number of carbonyl (C=O) groups is 1. The van der Waals surface area contributed by atoms with E-state index in [1.165, 1.54) is 4.90 Å². The van der Waals surface area contributed by atoms with Gasteiger partial charge < -0.3 is 14.3 Å². The van der Waals surface area contributed by atoms with Crippen LogP contribution in [0.4, 0.5) is 4.79 Å². The van der Waals surface area contributed by atoms with Gasteiger partial charge in [-0.15, -0.1) is 0 Å². The monoisotopic (exact) mass is 372 g/mol. The highest BCUT2D eigenvalue weighted by Gasteiger charge is 2.51. The van der Waals surface area contributed by atoms with E-state index in [1.807, 2.05) is 6.92 Å². The van der Waals surface area contributed by atoms with Crippen molar-refractivity contribution in [3.63, 3.8) is 0 Å². The smallest absolute Gasteiger partial charge is 0.409 e. The molecule has 0 spiro atoms. The van der Waals surface area contributed by atoms with Gasteiger partial charge in [0.2, 0.25) is 0 Å². The van der Waals surface area contributed by atoms with Gasteiger partial charge in [0, 0.05) is 11.5 Å². The van der Waals surface area contributed by atoms with Crippen molar-refractivity contribution in [2.45, 2.75) is 77.5 Å². The van der Waals surface area contributed by atoms with Crippen molar-refractivity contribution < 1.29 is 19.1 Å². The standard InChI is InChI=1S/C16H32N4O4Si/c1-11(9-18-19-17)13(24-25(7,8)15(2,3)4)12-10-23-16(5,6)20(12)14(21)22/h11-13H,9-10H2,1-8H3,(H,21,22)/t11-,12+,13+/m0/s1. The summed E-state index contributed by atoms with van der Waals surface area (Å²) in [6.07, 6.45) is -1.43. The van der Waals surface area contributed by atoms with E-state index in [9.17, 15) is 9.90 Å². The van der Waals surface area contributed by atoms with Crippen molar-refractivity contribution in [3.05, 3.63) is 10.4 Å². The predicted octanol–water partition coefficient (Wildman–Crippen LogP) is 4.44. The minimum Gasteiger partial charge on any atom is -0.465 e. The molecular formula is C16H32N4O4Si. The molecule has 25 heavy (non-hydrogen) atoms. The quantitative estimate of drug-likeness (QED) is 0.322. The lowest BCUT2D eigenvalue weighted by molar-refractivity contribution is -0.0479. The molecule has 0 saturated carbocycles. The molecule has 1 amide bonds. The fraction of sp³-hybridized carbons (Fsp3) is 0.938. The van der Waals surface area contributed by atoms with Gasteiger partial charge in [-0.3, -0.25) is 4.90 Å². The van der Waals surface area contributed by atoms with E-state index in [0.717, 1.165) is 0 Å². The molecule has 0 bridgehead atoms. The maximum Gasteiger partial charge on any atom is 0.409 e. The Kier molecular flexibility index (Phi) is 6.55. The summed E-state index contributed by atoms with van der Waals surface area (Å²) in [6.45, 7) is 16.6. The molecule has 3 atom stereocenters. The van der Waals surface area contributed by atoms with Crippen molar-refractivity contribution in [3.8, 4) is 0 Å². The molecule has 0 aromatic rings. The summed E-state index contributed by atoms with van der Waals surface area (Å²) >= 11 is 0. The van der Waals surface area contributed by atoms with Crippen LogP contribution >= 0.6 is 0 Å². The number of hydrogen-bond donors (Lipinski definition) is 1. The molecule has 0 radical (unpaired) electrons. The summed E-state index contributed by atoms with van der Waals surface area (Å²) in [6, 6.07) is -0.439. The number of nitrogens with zero attached hydrogens (tertiary/aromatic N) is 4. The van der Waals surface area contributed by atoms with Gasteiger partial charge >= 0.3 is 6.09 Å². The number of amides is 1. The third-order valence-electron chi connectivity index (χ3n) is 5.34. The highest BCUT2D eigenvalue weighted by molar-refractivity contribution is 6.74. The van der Waals surface area contributed by atoms with Gasteiger partial charge in [0.25, 0.3) is 0 Å². The van der Waals surface area contributed by atoms with E-state index in [0.29, 0.717) is 0 Å². The first kappa shape index (κ1) is 21.8. The molecule has 0 aromatic carbocycles. The molecule has 1 saturated heterocycles. The summed E-state index contributed by atoms with van der Waals surface area (Å²) in [5.74, 6) is -0.130. The zero-order valence-corrected chi connectivity index (χ0v) is 17.6. The van der Waals surface area contributed by atoms with E-state index >= 15 is 0 Å². The van der Waals surface area contributed by atoms with Gasteiger partial charge in [0.05, 0.1) is 18.8 Å². The summed E-state index contributed by atoms with van der Waals surface area (Å²) < 4.78 is 12.3. The first-order valence-corrected chi connectivity index (χ1v) is 11.5. The van der Waals surface area contributed by atoms with E-state index in [1.54, 1.807) is 13.8 Å². The Morgan fingerprint density at radius 3 is 2.52 bits per heavy atom. The van der Waals surface area contributed by atoms with Gasteiger partial charge in [-0.05, 0) is 43.4 Å². The highest BCUT2D eigenvalue weighted by Crippen LogP contribution is 2.40. The molecule has 1 fully saturated rings. The van der Waals surface area contributed by atoms with Crippen LogP contribution in [0.15, 0.2) is 5.11 Å². The van der Waals surface area contributed by atoms with Crippen LogP contribution in [-0.4, -0.2) is 55.4 Å². The molecule has 1 N–H and O–H groups in total. The van der Waals surface area contributed by atoms with E-state index < -0.39 is 32.3 Å². The van der Waals surface area contributed by atoms with Crippen molar-refractivity contribution in [2.75, 3.05) is 13.2 Å². The minimum atomic E-state index is -2.16. The van der Waals surface area contributed by atoms with Crippen LogP contribution < -0.4 is 0 Å². The van der Waals surface area contributed by atoms with E-state index in [4.69, 9.17) is 14.7 Å². The molecule has 8 nitrogen and oxygen atoms in total. The zero-order valence-electron chi connectivity index (χ0n) is 16.6. The largest absolute Gasteiger partial charge is 0.465 e. The molecule has 0 aliphatic carbocycles. The Labute approximate surface area is 151 Å². The second-order valence-electron chi connectivity index (χ2n) is 8.71. The van der Waals surface area contributed by atoms with Crippen LogP contribution in [0, 0.1) is 5.92 Å². The number of hydrogen-bond acceptors (Lipinski definition) is 4. The predicted molar refractivity (Wildman–Crippen MR) is 98.9 cm³/mol. The Morgan fingerprint density at radius 1 is 1.52 bits per heavy atom. The van der Waals surface area contributed by atoms with Crippen molar-refractivity contribution in [1.82, 2.24) is 4.90 Å². The summed E-state index contributed by atoms with van der Waals surface area (Å²) in [5, 5.41) is 13.4. The molecule has 1 aliphatic heterocycles. The topological polar surface area (TPSA) is 108 Å². The van der Waals surface area contributed by atoms with Gasteiger partial charge in [-0.2, -0.15) is 0 Å². The minimum absolute atomic E-state index is 0.0213. The molecular weight excluding hydrogens is 340 g/mol. The second kappa shape index (κ2) is 7.53. The average Bonchev–Trinajstić information content (AvgIpc) is 2.76. The van der Waals surface area contributed by atoms with Crippen LogP contribution in [0.1, 0.15) is 41.5 Å². The van der Waals surface area contributed by atoms with E-state index in [2.05, 4.69) is 43.9 Å². The van der Waals surface area contributed by atoms with Crippen LogP contribution in [0.25, 0.3) is 10.4 Å². The maximum absolute atomic E-state index is 11.9. The third-order valence-corrected chi connectivity index (χ3v) is 9.81. The Morgan fingerprint density at radius 2 is 2.08 bits per heavy atom. The fourth-order valence-electron chi connectivity index (χ4n) is 2.81. The van der Waals surface area contributed by atoms with Crippen LogP contribution in [0.3, 0.4) is 0 Å². The molecule has 1 aliphatic rings. The van der Waals surface area contributed by atoms with Crippen LogP contribution in [-0.2, 0) is 9.16 Å². The highest BCUT2D eigenvalue weighted by atomic mass is 28.4. The first-order valence-electron chi connectivity index (χ1n) is 8.59. The summed E-state index contributed by atoms with van der Waals surface area (Å²) in [5.41, 5.74) is 7.73. The van der Waals surface area contributed by atoms with Gasteiger partial charge in [-0.1, -0.05) is 32.8 Å². The fourth-order valence-corrected chi connectivity index (χ4v) is 4.23.